The molecule has 4 heteroatoms. The molecule has 2 rings (SSSR count). The molecule has 0 bridgehead atoms. The number of nitrogens with zero attached hydrogens (tertiary/aromatic N) is 2. The number of rotatable bonds is 2. The molecule has 0 aromatic rings. The number of hydrogen-bond acceptors (Lipinski definition) is 3. The average molecular weight is 253 g/mol. The van der Waals surface area contributed by atoms with Crippen molar-refractivity contribution >= 4 is 5.91 Å². The second-order valence-electron chi connectivity index (χ2n) is 5.71. The minimum atomic E-state index is 0.0589. The second-order valence-corrected chi connectivity index (χ2v) is 5.71. The molecule has 18 heavy (non-hydrogen) atoms. The maximum absolute atomic E-state index is 12.6. The first-order valence-electron chi connectivity index (χ1n) is 7.45. The van der Waals surface area contributed by atoms with E-state index in [0.29, 0.717) is 11.9 Å². The van der Waals surface area contributed by atoms with E-state index in [2.05, 4.69) is 29.0 Å². The molecule has 1 N–H and O–H groups in total. The highest BCUT2D eigenvalue weighted by atomic mass is 16.2. The molecule has 0 aromatic heterocycles. The van der Waals surface area contributed by atoms with Crippen molar-refractivity contribution in [3.8, 4) is 0 Å². The summed E-state index contributed by atoms with van der Waals surface area (Å²) in [6.45, 7) is 9.13. The van der Waals surface area contributed by atoms with Crippen LogP contribution >= 0.6 is 0 Å². The third kappa shape index (κ3) is 3.23. The summed E-state index contributed by atoms with van der Waals surface area (Å²) in [5, 5.41) is 3.34. The van der Waals surface area contributed by atoms with Crippen molar-refractivity contribution in [2.75, 3.05) is 32.7 Å². The lowest BCUT2D eigenvalue weighted by molar-refractivity contribution is -0.139. The van der Waals surface area contributed by atoms with Crippen molar-refractivity contribution in [1.29, 1.82) is 0 Å². The summed E-state index contributed by atoms with van der Waals surface area (Å²) in [5.74, 6) is 0.325. The van der Waals surface area contributed by atoms with Crippen molar-refractivity contribution in [1.82, 2.24) is 15.1 Å². The summed E-state index contributed by atoms with van der Waals surface area (Å²) in [7, 11) is 0. The molecule has 2 fully saturated rings. The van der Waals surface area contributed by atoms with Gasteiger partial charge in [0.05, 0.1) is 6.04 Å². The van der Waals surface area contributed by atoms with Gasteiger partial charge in [0.1, 0.15) is 0 Å². The van der Waals surface area contributed by atoms with E-state index in [-0.39, 0.29) is 6.04 Å². The Morgan fingerprint density at radius 3 is 2.44 bits per heavy atom. The Balaban J connectivity index is 1.93. The van der Waals surface area contributed by atoms with Crippen molar-refractivity contribution in [3.05, 3.63) is 0 Å². The zero-order chi connectivity index (χ0) is 13.0. The minimum Gasteiger partial charge on any atom is -0.336 e. The third-order valence-electron chi connectivity index (χ3n) is 4.33. The van der Waals surface area contributed by atoms with E-state index in [1.54, 1.807) is 0 Å². The van der Waals surface area contributed by atoms with Crippen LogP contribution in [0, 0.1) is 0 Å². The molecular formula is C14H27N3O. The molecule has 1 amide bonds. The molecule has 0 aromatic carbocycles. The van der Waals surface area contributed by atoms with E-state index in [9.17, 15) is 4.79 Å². The molecule has 0 radical (unpaired) electrons. The standard InChI is InChI=1S/C14H27N3O/c1-12-11-15-7-10-17(12)14(18)13(2)16-8-5-3-4-6-9-16/h12-13,15H,3-11H2,1-2H3. The molecular weight excluding hydrogens is 226 g/mol. The summed E-state index contributed by atoms with van der Waals surface area (Å²) in [5.41, 5.74) is 0. The summed E-state index contributed by atoms with van der Waals surface area (Å²) in [4.78, 5) is 17.0. The number of carbonyl (C=O) groups is 1. The van der Waals surface area contributed by atoms with Crippen LogP contribution in [0.4, 0.5) is 0 Å². The lowest BCUT2D eigenvalue weighted by Gasteiger charge is -2.38. The predicted octanol–water partition coefficient (Wildman–Crippen LogP) is 1.07. The van der Waals surface area contributed by atoms with Gasteiger partial charge in [-0.05, 0) is 39.8 Å². The number of nitrogens with one attached hydrogen (secondary N) is 1. The molecule has 0 saturated carbocycles. The predicted molar refractivity (Wildman–Crippen MR) is 73.5 cm³/mol. The van der Waals surface area contributed by atoms with Crippen LogP contribution in [0.2, 0.25) is 0 Å². The Kier molecular flexibility index (Phi) is 5.01. The van der Waals surface area contributed by atoms with Crippen LogP contribution < -0.4 is 5.32 Å². The quantitative estimate of drug-likeness (QED) is 0.799. The van der Waals surface area contributed by atoms with Crippen LogP contribution in [0.1, 0.15) is 39.5 Å². The van der Waals surface area contributed by atoms with Gasteiger partial charge in [0.15, 0.2) is 0 Å². The van der Waals surface area contributed by atoms with Gasteiger partial charge in [-0.1, -0.05) is 12.8 Å². The van der Waals surface area contributed by atoms with Gasteiger partial charge in [-0.25, -0.2) is 0 Å². The van der Waals surface area contributed by atoms with Gasteiger partial charge in [-0.3, -0.25) is 9.69 Å². The van der Waals surface area contributed by atoms with E-state index < -0.39 is 0 Å². The lowest BCUT2D eigenvalue weighted by atomic mass is 10.1. The van der Waals surface area contributed by atoms with E-state index in [1.165, 1.54) is 25.7 Å². The maximum Gasteiger partial charge on any atom is 0.239 e. The van der Waals surface area contributed by atoms with Crippen molar-refractivity contribution < 1.29 is 4.79 Å². The molecule has 2 heterocycles. The zero-order valence-electron chi connectivity index (χ0n) is 11.8. The smallest absolute Gasteiger partial charge is 0.239 e. The largest absolute Gasteiger partial charge is 0.336 e. The summed E-state index contributed by atoms with van der Waals surface area (Å²) in [6.07, 6.45) is 5.13. The SMILES string of the molecule is CC(C(=O)N1CCNCC1C)N1CCCCCC1. The fourth-order valence-corrected chi connectivity index (χ4v) is 3.05. The van der Waals surface area contributed by atoms with Gasteiger partial charge in [-0.15, -0.1) is 0 Å². The van der Waals surface area contributed by atoms with Crippen LogP contribution in [0.15, 0.2) is 0 Å². The van der Waals surface area contributed by atoms with Crippen LogP contribution in [-0.2, 0) is 4.79 Å². The van der Waals surface area contributed by atoms with Gasteiger partial charge in [-0.2, -0.15) is 0 Å². The van der Waals surface area contributed by atoms with E-state index in [4.69, 9.17) is 0 Å². The normalized spacial score (nSPS) is 28.8. The van der Waals surface area contributed by atoms with Crippen LogP contribution in [0.5, 0.6) is 0 Å². The number of hydrogen-bond donors (Lipinski definition) is 1. The zero-order valence-corrected chi connectivity index (χ0v) is 11.8. The van der Waals surface area contributed by atoms with Gasteiger partial charge >= 0.3 is 0 Å². The van der Waals surface area contributed by atoms with E-state index >= 15 is 0 Å². The minimum absolute atomic E-state index is 0.0589. The fraction of sp³-hybridized carbons (Fsp3) is 0.929. The fourth-order valence-electron chi connectivity index (χ4n) is 3.05. The van der Waals surface area contributed by atoms with Gasteiger partial charge in [0, 0.05) is 25.7 Å². The molecule has 2 aliphatic rings. The van der Waals surface area contributed by atoms with E-state index in [1.807, 2.05) is 0 Å². The Bertz CT molecular complexity index is 274. The Labute approximate surface area is 111 Å². The first-order valence-corrected chi connectivity index (χ1v) is 7.45. The van der Waals surface area contributed by atoms with Crippen LogP contribution in [-0.4, -0.2) is 60.5 Å². The van der Waals surface area contributed by atoms with Crippen LogP contribution in [0.25, 0.3) is 0 Å². The number of piperazine rings is 1. The van der Waals surface area contributed by atoms with Gasteiger partial charge in [0.2, 0.25) is 5.91 Å². The average Bonchev–Trinajstić information content (AvgIpc) is 2.66. The molecule has 104 valence electrons. The van der Waals surface area contributed by atoms with Crippen molar-refractivity contribution in [2.24, 2.45) is 0 Å². The molecule has 2 atom stereocenters. The molecule has 0 aliphatic carbocycles. The maximum atomic E-state index is 12.6. The van der Waals surface area contributed by atoms with Gasteiger partial charge in [0.25, 0.3) is 0 Å². The molecule has 2 unspecified atom stereocenters. The highest BCUT2D eigenvalue weighted by molar-refractivity contribution is 5.82. The molecule has 4 nitrogen and oxygen atoms in total. The van der Waals surface area contributed by atoms with Gasteiger partial charge < -0.3 is 10.2 Å². The Morgan fingerprint density at radius 1 is 1.17 bits per heavy atom. The number of amides is 1. The van der Waals surface area contributed by atoms with Crippen molar-refractivity contribution in [3.63, 3.8) is 0 Å². The molecule has 2 saturated heterocycles. The molecule has 2 aliphatic heterocycles. The summed E-state index contributed by atoms with van der Waals surface area (Å²) in [6, 6.07) is 0.393. The van der Waals surface area contributed by atoms with Crippen LogP contribution in [0.3, 0.4) is 0 Å². The molecule has 0 spiro atoms. The Morgan fingerprint density at radius 2 is 1.83 bits per heavy atom. The number of likely N-dealkylation sites (tertiary alicyclic amines) is 1. The van der Waals surface area contributed by atoms with E-state index in [0.717, 1.165) is 32.7 Å². The number of carbonyl (C=O) groups excluding carboxylic acids is 1. The third-order valence-corrected chi connectivity index (χ3v) is 4.33. The topological polar surface area (TPSA) is 35.6 Å². The highest BCUT2D eigenvalue weighted by Gasteiger charge is 2.30. The van der Waals surface area contributed by atoms with Crippen molar-refractivity contribution in [2.45, 2.75) is 51.6 Å². The second kappa shape index (κ2) is 6.53. The first kappa shape index (κ1) is 13.8. The monoisotopic (exact) mass is 253 g/mol. The highest BCUT2D eigenvalue weighted by Crippen LogP contribution is 2.15. The Hall–Kier alpha value is -0.610. The first-order chi connectivity index (χ1) is 8.70. The summed E-state index contributed by atoms with van der Waals surface area (Å²) < 4.78 is 0. The summed E-state index contributed by atoms with van der Waals surface area (Å²) >= 11 is 0. The lowest BCUT2D eigenvalue weighted by Crippen LogP contribution is -2.57.